The zero-order valence-corrected chi connectivity index (χ0v) is 25.9. The molecule has 1 aliphatic heterocycles. The van der Waals surface area contributed by atoms with Crippen molar-refractivity contribution in [1.82, 2.24) is 0 Å². The molecule has 1 saturated heterocycles. The molecule has 236 valence electrons. The van der Waals surface area contributed by atoms with Gasteiger partial charge < -0.3 is 25.4 Å². The lowest BCUT2D eigenvalue weighted by molar-refractivity contribution is -0.759. The molecule has 41 heavy (non-hydrogen) atoms. The Morgan fingerprint density at radius 2 is 1.39 bits per heavy atom. The van der Waals surface area contributed by atoms with Gasteiger partial charge in [0, 0.05) is 31.7 Å². The number of primary amides is 1. The Morgan fingerprint density at radius 1 is 0.878 bits per heavy atom. The Bertz CT molecular complexity index is 827. The summed E-state index contributed by atoms with van der Waals surface area (Å²) in [6, 6.07) is 3.44. The molecule has 10 heteroatoms. The van der Waals surface area contributed by atoms with Gasteiger partial charge in [-0.15, -0.1) is 0 Å². The number of nitrogens with zero attached hydrogens (tertiary/aromatic N) is 1. The highest BCUT2D eigenvalue weighted by atomic mass is 16.6. The fraction of sp³-hybridized carbons (Fsp3) is 0.710. The first-order valence-corrected chi connectivity index (χ1v) is 15.2. The number of carboxylic acids is 2. The summed E-state index contributed by atoms with van der Waals surface area (Å²) in [7, 11) is 0. The second kappa shape index (κ2) is 27.2. The van der Waals surface area contributed by atoms with Crippen LogP contribution in [0.5, 0.6) is 0 Å². The fourth-order valence-electron chi connectivity index (χ4n) is 3.68. The van der Waals surface area contributed by atoms with E-state index in [1.54, 1.807) is 18.3 Å². The summed E-state index contributed by atoms with van der Waals surface area (Å²) in [6.45, 7) is 10.5. The highest BCUT2D eigenvalue weighted by Gasteiger charge is 2.32. The number of aliphatic carboxylic acids is 2. The molecule has 0 unspecified atom stereocenters. The number of rotatable bonds is 16. The third-order valence-electron chi connectivity index (χ3n) is 5.93. The van der Waals surface area contributed by atoms with E-state index in [-0.39, 0.29) is 24.9 Å². The van der Waals surface area contributed by atoms with Crippen LogP contribution in [0.1, 0.15) is 141 Å². The van der Waals surface area contributed by atoms with E-state index >= 15 is 0 Å². The molecule has 0 saturated carbocycles. The van der Waals surface area contributed by atoms with E-state index < -0.39 is 17.8 Å². The number of carbonyl (C=O) groups excluding carboxylic acids is 2. The van der Waals surface area contributed by atoms with Gasteiger partial charge in [0.15, 0.2) is 12.4 Å². The van der Waals surface area contributed by atoms with Gasteiger partial charge in [-0.25, -0.2) is 0 Å². The molecule has 10 nitrogen and oxygen atoms in total. The van der Waals surface area contributed by atoms with Crippen LogP contribution in [0.4, 0.5) is 0 Å². The normalized spacial score (nSPS) is 15.1. The molecule has 2 atom stereocenters. The van der Waals surface area contributed by atoms with Crippen molar-refractivity contribution in [2.24, 2.45) is 5.73 Å². The zero-order valence-electron chi connectivity index (χ0n) is 25.9. The average Bonchev–Trinajstić information content (AvgIpc) is 3.43. The van der Waals surface area contributed by atoms with Gasteiger partial charge in [0.1, 0.15) is 12.2 Å². The van der Waals surface area contributed by atoms with E-state index in [1.807, 2.05) is 24.6 Å². The van der Waals surface area contributed by atoms with Gasteiger partial charge in [0.25, 0.3) is 12.1 Å². The Balaban J connectivity index is 0. The predicted octanol–water partition coefficient (Wildman–Crippen LogP) is 6.20. The molecule has 0 aliphatic carbocycles. The minimum absolute atomic E-state index is 0.0974. The first kappa shape index (κ1) is 40.1. The molecule has 1 aromatic rings. The lowest BCUT2D eigenvalue weighted by Gasteiger charge is -2.11. The summed E-state index contributed by atoms with van der Waals surface area (Å²) in [4.78, 5) is 42.6. The van der Waals surface area contributed by atoms with Crippen molar-refractivity contribution in [2.45, 2.75) is 137 Å². The first-order chi connectivity index (χ1) is 19.6. The maximum absolute atomic E-state index is 11.6. The largest absolute Gasteiger partial charge is 0.481 e. The average molecular weight is 584 g/mol. The molecular weight excluding hydrogens is 528 g/mol. The molecule has 1 aliphatic rings. The number of ether oxygens (including phenoxy) is 2. The zero-order chi connectivity index (χ0) is 31.5. The number of aromatic nitrogens is 1. The Hall–Kier alpha value is -3.01. The summed E-state index contributed by atoms with van der Waals surface area (Å²) >= 11 is 0. The number of carboxylic acid groups (broad SMARTS) is 2. The molecule has 4 N–H and O–H groups in total. The predicted molar refractivity (Wildman–Crippen MR) is 158 cm³/mol. The molecule has 2 rings (SSSR count). The molecule has 0 spiro atoms. The van der Waals surface area contributed by atoms with Crippen LogP contribution >= 0.6 is 0 Å². The lowest BCUT2D eigenvalue weighted by atomic mass is 10.2. The van der Waals surface area contributed by atoms with E-state index in [1.165, 1.54) is 0 Å². The molecule has 0 radical (unpaired) electrons. The summed E-state index contributed by atoms with van der Waals surface area (Å²) in [6.07, 6.45) is 14.9. The van der Waals surface area contributed by atoms with E-state index in [9.17, 15) is 19.2 Å². The van der Waals surface area contributed by atoms with Crippen molar-refractivity contribution in [3.8, 4) is 0 Å². The van der Waals surface area contributed by atoms with Crippen molar-refractivity contribution >= 4 is 23.8 Å². The van der Waals surface area contributed by atoms with Crippen molar-refractivity contribution in [3.05, 3.63) is 30.1 Å². The molecule has 1 fully saturated rings. The first-order valence-electron chi connectivity index (χ1n) is 15.2. The van der Waals surface area contributed by atoms with Gasteiger partial charge in [-0.05, 0) is 31.7 Å². The van der Waals surface area contributed by atoms with Crippen LogP contribution in [-0.2, 0) is 23.9 Å². The maximum atomic E-state index is 11.6. The fourth-order valence-corrected chi connectivity index (χ4v) is 3.68. The van der Waals surface area contributed by atoms with Gasteiger partial charge in [0.05, 0.1) is 6.10 Å². The number of esters is 1. The molecule has 0 aromatic carbocycles. The summed E-state index contributed by atoms with van der Waals surface area (Å²) in [5.41, 5.74) is 5.74. The molecular formula is C31H55N2O8+. The van der Waals surface area contributed by atoms with Crippen LogP contribution in [-0.4, -0.2) is 46.7 Å². The van der Waals surface area contributed by atoms with Crippen LogP contribution < -0.4 is 10.3 Å². The number of pyridine rings is 1. The highest BCUT2D eigenvalue weighted by molar-refractivity contribution is 5.92. The Morgan fingerprint density at radius 3 is 1.85 bits per heavy atom. The van der Waals surface area contributed by atoms with Crippen LogP contribution in [0, 0.1) is 0 Å². The van der Waals surface area contributed by atoms with Gasteiger partial charge in [0.2, 0.25) is 0 Å². The molecule has 2 heterocycles. The number of carbonyl (C=O) groups is 4. The Kier molecular flexibility index (Phi) is 26.6. The van der Waals surface area contributed by atoms with Crippen molar-refractivity contribution in [2.75, 3.05) is 6.61 Å². The monoisotopic (exact) mass is 583 g/mol. The maximum Gasteiger partial charge on any atom is 0.305 e. The second-order valence-corrected chi connectivity index (χ2v) is 9.54. The van der Waals surface area contributed by atoms with Crippen molar-refractivity contribution in [3.63, 3.8) is 0 Å². The number of amides is 1. The minimum atomic E-state index is -0.682. The van der Waals surface area contributed by atoms with E-state index in [4.69, 9.17) is 25.4 Å². The summed E-state index contributed by atoms with van der Waals surface area (Å²) < 4.78 is 13.0. The standard InChI is InChI=1S/C17H24N2O4.2C6H12O2.C2H6/c1-2-3-4-7-16(20)22-12-14-8-9-15(23-14)19-10-5-6-13(11-19)17(18)21;2*1-2-3-4-5-6(7)8;1-2/h5-6,10-11,14-15H,2-4,7-9,12H2,1H3,(H-,18,21);2*2-5H2,1H3,(H,7,8);1-2H3/p+1/t14-,15+;;;/m0.../s1. The van der Waals surface area contributed by atoms with E-state index in [2.05, 4.69) is 20.8 Å². The topological polar surface area (TPSA) is 157 Å². The van der Waals surface area contributed by atoms with Crippen molar-refractivity contribution in [1.29, 1.82) is 0 Å². The SMILES string of the molecule is CC.CCCCCC(=O)O.CCCCCC(=O)O.CCCCCC(=O)OC[C@@H]1CC[C@H]([n+]2cccc(C(N)=O)c2)O1. The number of unbranched alkanes of at least 4 members (excludes halogenated alkanes) is 6. The van der Waals surface area contributed by atoms with Gasteiger partial charge >= 0.3 is 17.9 Å². The number of hydrogen-bond donors (Lipinski definition) is 3. The van der Waals surface area contributed by atoms with E-state index in [0.717, 1.165) is 70.6 Å². The van der Waals surface area contributed by atoms with Gasteiger partial charge in [-0.2, -0.15) is 4.57 Å². The minimum Gasteiger partial charge on any atom is -0.481 e. The highest BCUT2D eigenvalue weighted by Crippen LogP contribution is 2.24. The van der Waals surface area contributed by atoms with E-state index in [0.29, 0.717) is 24.8 Å². The van der Waals surface area contributed by atoms with Gasteiger partial charge in [-0.3, -0.25) is 19.2 Å². The number of nitrogens with two attached hydrogens (primary N) is 1. The van der Waals surface area contributed by atoms with Crippen LogP contribution in [0.25, 0.3) is 0 Å². The molecule has 1 aromatic heterocycles. The quantitative estimate of drug-likeness (QED) is 0.118. The Labute approximate surface area is 246 Å². The molecule has 1 amide bonds. The smallest absolute Gasteiger partial charge is 0.305 e. The second-order valence-electron chi connectivity index (χ2n) is 9.54. The number of hydrogen-bond acceptors (Lipinski definition) is 6. The van der Waals surface area contributed by atoms with Crippen molar-refractivity contribution < 1.29 is 43.4 Å². The lowest BCUT2D eigenvalue weighted by Crippen LogP contribution is -2.40. The molecule has 0 bridgehead atoms. The van der Waals surface area contributed by atoms with Crippen LogP contribution in [0.15, 0.2) is 24.5 Å². The van der Waals surface area contributed by atoms with Crippen LogP contribution in [0.3, 0.4) is 0 Å². The van der Waals surface area contributed by atoms with Gasteiger partial charge in [-0.1, -0.05) is 73.1 Å². The summed E-state index contributed by atoms with van der Waals surface area (Å²) in [5.74, 6) is -1.99. The van der Waals surface area contributed by atoms with Crippen LogP contribution in [0.2, 0.25) is 0 Å². The third kappa shape index (κ3) is 23.4. The third-order valence-corrected chi connectivity index (χ3v) is 5.93. The summed E-state index contributed by atoms with van der Waals surface area (Å²) in [5, 5.41) is 16.3.